The van der Waals surface area contributed by atoms with Crippen LogP contribution in [0.15, 0.2) is 53.1 Å². The maximum Gasteiger partial charge on any atom is 0.255 e. The number of para-hydroxylation sites is 1. The fraction of sp³-hybridized carbons (Fsp3) is 0.385. The molecule has 182 valence electrons. The van der Waals surface area contributed by atoms with Gasteiger partial charge in [0.05, 0.1) is 17.8 Å². The summed E-state index contributed by atoms with van der Waals surface area (Å²) in [6.07, 6.45) is 3.45. The van der Waals surface area contributed by atoms with Gasteiger partial charge < -0.3 is 14.7 Å². The largest absolute Gasteiger partial charge is 0.339 e. The lowest BCUT2D eigenvalue weighted by Gasteiger charge is -2.30. The van der Waals surface area contributed by atoms with E-state index in [2.05, 4.69) is 20.4 Å². The molecule has 0 radical (unpaired) electrons. The zero-order valence-corrected chi connectivity index (χ0v) is 19.5. The van der Waals surface area contributed by atoms with Crippen LogP contribution in [0.2, 0.25) is 0 Å². The molecule has 1 aromatic heterocycles. The molecule has 8 nitrogen and oxygen atoms in total. The maximum absolute atomic E-state index is 13.1. The van der Waals surface area contributed by atoms with Crippen molar-refractivity contribution < 1.29 is 18.5 Å². The van der Waals surface area contributed by atoms with Crippen molar-refractivity contribution in [3.63, 3.8) is 0 Å². The average molecular weight is 478 g/mol. The van der Waals surface area contributed by atoms with Gasteiger partial charge in [0.1, 0.15) is 5.82 Å². The SMILES string of the molecule is O=C(Nc1ccccc1C(=O)N1CCCC1)C1CCN(Cc2nc(-c3ccc(F)cc3)no2)CC1. The summed E-state index contributed by atoms with van der Waals surface area (Å²) in [6, 6.07) is 13.2. The molecule has 0 spiro atoms. The maximum atomic E-state index is 13.1. The van der Waals surface area contributed by atoms with Gasteiger partial charge in [0, 0.05) is 24.6 Å². The van der Waals surface area contributed by atoms with E-state index in [0.29, 0.717) is 47.9 Å². The first-order valence-electron chi connectivity index (χ1n) is 12.1. The van der Waals surface area contributed by atoms with Crippen LogP contribution in [-0.2, 0) is 11.3 Å². The highest BCUT2D eigenvalue weighted by molar-refractivity contribution is 6.04. The van der Waals surface area contributed by atoms with Crippen LogP contribution in [0.5, 0.6) is 0 Å². The van der Waals surface area contributed by atoms with E-state index < -0.39 is 0 Å². The number of hydrogen-bond donors (Lipinski definition) is 1. The number of nitrogens with zero attached hydrogens (tertiary/aromatic N) is 4. The summed E-state index contributed by atoms with van der Waals surface area (Å²) in [5, 5.41) is 6.99. The fourth-order valence-corrected chi connectivity index (χ4v) is 4.68. The monoisotopic (exact) mass is 477 g/mol. The fourth-order valence-electron chi connectivity index (χ4n) is 4.68. The lowest BCUT2D eigenvalue weighted by molar-refractivity contribution is -0.121. The molecule has 2 aromatic carbocycles. The van der Waals surface area contributed by atoms with Gasteiger partial charge in [-0.1, -0.05) is 17.3 Å². The Bertz CT molecular complexity index is 1180. The zero-order valence-electron chi connectivity index (χ0n) is 19.5. The second kappa shape index (κ2) is 10.4. The number of carbonyl (C=O) groups is 2. The Kier molecular flexibility index (Phi) is 6.85. The third kappa shape index (κ3) is 5.40. The van der Waals surface area contributed by atoms with Gasteiger partial charge >= 0.3 is 0 Å². The first-order valence-corrected chi connectivity index (χ1v) is 12.1. The number of benzene rings is 2. The minimum absolute atomic E-state index is 0.0206. The summed E-state index contributed by atoms with van der Waals surface area (Å²) in [5.41, 5.74) is 1.82. The van der Waals surface area contributed by atoms with Crippen molar-refractivity contribution in [1.29, 1.82) is 0 Å². The van der Waals surface area contributed by atoms with Gasteiger partial charge in [-0.2, -0.15) is 4.98 Å². The van der Waals surface area contributed by atoms with E-state index >= 15 is 0 Å². The molecule has 9 heteroatoms. The predicted molar refractivity (Wildman–Crippen MR) is 128 cm³/mol. The number of likely N-dealkylation sites (tertiary alicyclic amines) is 2. The topological polar surface area (TPSA) is 91.6 Å². The van der Waals surface area contributed by atoms with Gasteiger partial charge in [-0.25, -0.2) is 4.39 Å². The predicted octanol–water partition coefficient (Wildman–Crippen LogP) is 3.96. The highest BCUT2D eigenvalue weighted by Crippen LogP contribution is 2.24. The second-order valence-corrected chi connectivity index (χ2v) is 9.10. The van der Waals surface area contributed by atoms with E-state index in [1.54, 1.807) is 24.3 Å². The summed E-state index contributed by atoms with van der Waals surface area (Å²) in [6.45, 7) is 3.48. The summed E-state index contributed by atoms with van der Waals surface area (Å²) in [7, 11) is 0. The first kappa shape index (κ1) is 23.2. The van der Waals surface area contributed by atoms with Gasteiger partial charge in [0.15, 0.2) is 0 Å². The molecule has 3 aromatic rings. The first-order chi connectivity index (χ1) is 17.1. The summed E-state index contributed by atoms with van der Waals surface area (Å²) < 4.78 is 18.5. The Balaban J connectivity index is 1.15. The molecule has 5 rings (SSSR count). The molecule has 0 aliphatic carbocycles. The second-order valence-electron chi connectivity index (χ2n) is 9.10. The van der Waals surface area contributed by atoms with Crippen molar-refractivity contribution in [2.75, 3.05) is 31.5 Å². The van der Waals surface area contributed by atoms with E-state index in [0.717, 1.165) is 39.0 Å². The lowest BCUT2D eigenvalue weighted by Crippen LogP contribution is -2.38. The number of amides is 2. The standard InChI is InChI=1S/C26H28FN5O3/c27-20-9-7-18(8-10-20)24-29-23(35-30-24)17-31-15-11-19(12-16-31)25(33)28-22-6-2-1-5-21(22)26(34)32-13-3-4-14-32/h1-2,5-10,19H,3-4,11-17H2,(H,28,33). The van der Waals surface area contributed by atoms with Crippen molar-refractivity contribution in [2.45, 2.75) is 32.2 Å². The molecular formula is C26H28FN5O3. The number of nitrogens with one attached hydrogen (secondary N) is 1. The Hall–Kier alpha value is -3.59. The quantitative estimate of drug-likeness (QED) is 0.578. The lowest BCUT2D eigenvalue weighted by atomic mass is 9.95. The number of aromatic nitrogens is 2. The molecule has 2 aliphatic heterocycles. The van der Waals surface area contributed by atoms with Gasteiger partial charge in [-0.3, -0.25) is 14.5 Å². The molecule has 2 amide bonds. The van der Waals surface area contributed by atoms with E-state index in [-0.39, 0.29) is 23.5 Å². The number of halogens is 1. The average Bonchev–Trinajstić information content (AvgIpc) is 3.58. The Morgan fingerprint density at radius 2 is 1.71 bits per heavy atom. The van der Waals surface area contributed by atoms with Gasteiger partial charge in [0.2, 0.25) is 17.6 Å². The van der Waals surface area contributed by atoms with E-state index in [4.69, 9.17) is 4.52 Å². The molecule has 2 aliphatic rings. The van der Waals surface area contributed by atoms with Crippen molar-refractivity contribution in [2.24, 2.45) is 5.92 Å². The van der Waals surface area contributed by atoms with Crippen molar-refractivity contribution in [3.8, 4) is 11.4 Å². The normalized spacial score (nSPS) is 17.0. The molecule has 2 fully saturated rings. The third-order valence-electron chi connectivity index (χ3n) is 6.70. The molecule has 0 unspecified atom stereocenters. The zero-order chi connectivity index (χ0) is 24.2. The summed E-state index contributed by atoms with van der Waals surface area (Å²) in [5.74, 6) is 0.401. The van der Waals surface area contributed by atoms with E-state index in [1.165, 1.54) is 12.1 Å². The smallest absolute Gasteiger partial charge is 0.255 e. The van der Waals surface area contributed by atoms with Crippen molar-refractivity contribution in [3.05, 3.63) is 65.8 Å². The van der Waals surface area contributed by atoms with Crippen LogP contribution < -0.4 is 5.32 Å². The third-order valence-corrected chi connectivity index (χ3v) is 6.70. The molecule has 0 atom stereocenters. The van der Waals surface area contributed by atoms with Crippen molar-refractivity contribution >= 4 is 17.5 Å². The highest BCUT2D eigenvalue weighted by atomic mass is 19.1. The van der Waals surface area contributed by atoms with Crippen LogP contribution in [0.1, 0.15) is 41.9 Å². The van der Waals surface area contributed by atoms with E-state index in [1.807, 2.05) is 17.0 Å². The summed E-state index contributed by atoms with van der Waals surface area (Å²) in [4.78, 5) is 34.3. The van der Waals surface area contributed by atoms with Crippen LogP contribution in [0, 0.1) is 11.7 Å². The van der Waals surface area contributed by atoms with Crippen LogP contribution in [-0.4, -0.2) is 57.9 Å². The molecule has 35 heavy (non-hydrogen) atoms. The van der Waals surface area contributed by atoms with E-state index in [9.17, 15) is 14.0 Å². The van der Waals surface area contributed by atoms with Gasteiger partial charge in [-0.05, 0) is 75.2 Å². The molecule has 0 saturated carbocycles. The molecular weight excluding hydrogens is 449 g/mol. The Morgan fingerprint density at radius 1 is 1.00 bits per heavy atom. The Labute approximate surface area is 203 Å². The minimum Gasteiger partial charge on any atom is -0.339 e. The van der Waals surface area contributed by atoms with Crippen LogP contribution >= 0.6 is 0 Å². The number of piperidine rings is 1. The van der Waals surface area contributed by atoms with Gasteiger partial charge in [-0.15, -0.1) is 0 Å². The molecule has 2 saturated heterocycles. The Morgan fingerprint density at radius 3 is 2.46 bits per heavy atom. The van der Waals surface area contributed by atoms with Gasteiger partial charge in [0.25, 0.3) is 5.91 Å². The van der Waals surface area contributed by atoms with Crippen molar-refractivity contribution in [1.82, 2.24) is 19.9 Å². The van der Waals surface area contributed by atoms with Crippen LogP contribution in [0.3, 0.4) is 0 Å². The summed E-state index contributed by atoms with van der Waals surface area (Å²) >= 11 is 0. The molecule has 1 N–H and O–H groups in total. The molecule has 3 heterocycles. The number of hydrogen-bond acceptors (Lipinski definition) is 6. The number of rotatable bonds is 6. The van der Waals surface area contributed by atoms with Crippen LogP contribution in [0.4, 0.5) is 10.1 Å². The minimum atomic E-state index is -0.314. The molecule has 0 bridgehead atoms. The number of anilines is 1. The van der Waals surface area contributed by atoms with Crippen LogP contribution in [0.25, 0.3) is 11.4 Å². The highest BCUT2D eigenvalue weighted by Gasteiger charge is 2.28. The number of carbonyl (C=O) groups excluding carboxylic acids is 2.